The number of sulfonamides is 1. The number of rotatable bonds is 6. The van der Waals surface area contributed by atoms with E-state index in [1.54, 1.807) is 47.5 Å². The van der Waals surface area contributed by atoms with E-state index in [0.717, 1.165) is 12.0 Å². The van der Waals surface area contributed by atoms with Crippen LogP contribution in [0.2, 0.25) is 0 Å². The highest BCUT2D eigenvalue weighted by atomic mass is 32.2. The Kier molecular flexibility index (Phi) is 6.09. The summed E-state index contributed by atoms with van der Waals surface area (Å²) in [6.45, 7) is 5.19. The van der Waals surface area contributed by atoms with Crippen molar-refractivity contribution in [2.75, 3.05) is 17.8 Å². The standard InChI is InChI=1S/C24H29N3O4S/c1-17(2)16-24(29)11-14-27(15-12-24)23(28)19-6-8-20(9-7-19)26-32(30,31)21-5-3-4-18-10-13-25-22(18)21/h3-9,13,17,26,29H,10-12,14-16H2,1-2H3. The molecule has 0 saturated carbocycles. The maximum Gasteiger partial charge on any atom is 0.264 e. The molecular weight excluding hydrogens is 426 g/mol. The number of hydrogen-bond donors (Lipinski definition) is 2. The molecule has 2 aromatic carbocycles. The molecule has 0 unspecified atom stereocenters. The Balaban J connectivity index is 1.42. The number of anilines is 1. The first-order chi connectivity index (χ1) is 15.2. The topological polar surface area (TPSA) is 99.1 Å². The first kappa shape index (κ1) is 22.5. The van der Waals surface area contributed by atoms with Crippen molar-refractivity contribution < 1.29 is 18.3 Å². The minimum Gasteiger partial charge on any atom is -0.390 e. The number of nitrogens with one attached hydrogen (secondary N) is 1. The van der Waals surface area contributed by atoms with Crippen LogP contribution in [0.4, 0.5) is 11.4 Å². The molecule has 0 radical (unpaired) electrons. The molecule has 32 heavy (non-hydrogen) atoms. The van der Waals surface area contributed by atoms with E-state index in [0.29, 0.717) is 55.2 Å². The lowest BCUT2D eigenvalue weighted by Crippen LogP contribution is -2.47. The number of nitrogens with zero attached hydrogens (tertiary/aromatic N) is 2. The van der Waals surface area contributed by atoms with E-state index in [1.807, 2.05) is 6.07 Å². The molecule has 1 amide bonds. The number of aliphatic hydroxyl groups is 1. The Hall–Kier alpha value is -2.71. The van der Waals surface area contributed by atoms with E-state index in [9.17, 15) is 18.3 Å². The van der Waals surface area contributed by atoms with Crippen LogP contribution in [-0.2, 0) is 16.4 Å². The van der Waals surface area contributed by atoms with Crippen molar-refractivity contribution in [3.8, 4) is 0 Å². The summed E-state index contributed by atoms with van der Waals surface area (Å²) in [6.07, 6.45) is 4.20. The van der Waals surface area contributed by atoms with Crippen LogP contribution >= 0.6 is 0 Å². The van der Waals surface area contributed by atoms with Gasteiger partial charge < -0.3 is 10.0 Å². The maximum absolute atomic E-state index is 12.9. The van der Waals surface area contributed by atoms with Gasteiger partial charge in [-0.05, 0) is 61.1 Å². The molecule has 1 saturated heterocycles. The van der Waals surface area contributed by atoms with Gasteiger partial charge >= 0.3 is 0 Å². The van der Waals surface area contributed by atoms with E-state index in [1.165, 1.54) is 0 Å². The van der Waals surface area contributed by atoms with Crippen molar-refractivity contribution in [2.45, 2.75) is 50.0 Å². The first-order valence-electron chi connectivity index (χ1n) is 11.0. The Morgan fingerprint density at radius 1 is 1.16 bits per heavy atom. The van der Waals surface area contributed by atoms with Crippen molar-refractivity contribution in [3.05, 3.63) is 53.6 Å². The fourth-order valence-electron chi connectivity index (χ4n) is 4.49. The second kappa shape index (κ2) is 8.67. The minimum absolute atomic E-state index is 0.110. The molecule has 0 aromatic heterocycles. The molecule has 2 aliphatic heterocycles. The van der Waals surface area contributed by atoms with Gasteiger partial charge in [0.1, 0.15) is 4.90 Å². The number of hydrogen-bond acceptors (Lipinski definition) is 5. The van der Waals surface area contributed by atoms with Crippen LogP contribution in [0, 0.1) is 5.92 Å². The fourth-order valence-corrected chi connectivity index (χ4v) is 5.75. The van der Waals surface area contributed by atoms with Gasteiger partial charge in [-0.25, -0.2) is 8.42 Å². The van der Waals surface area contributed by atoms with E-state index in [-0.39, 0.29) is 10.8 Å². The number of amides is 1. The largest absolute Gasteiger partial charge is 0.390 e. The normalized spacial score (nSPS) is 17.4. The molecule has 2 aromatic rings. The van der Waals surface area contributed by atoms with Crippen molar-refractivity contribution in [1.82, 2.24) is 4.90 Å². The van der Waals surface area contributed by atoms with Gasteiger partial charge in [0.05, 0.1) is 11.3 Å². The highest BCUT2D eigenvalue weighted by molar-refractivity contribution is 7.92. The Morgan fingerprint density at radius 3 is 2.50 bits per heavy atom. The summed E-state index contributed by atoms with van der Waals surface area (Å²) in [6, 6.07) is 11.6. The number of likely N-dealkylation sites (tertiary alicyclic amines) is 1. The fraction of sp³-hybridized carbons (Fsp3) is 0.417. The summed E-state index contributed by atoms with van der Waals surface area (Å²) in [4.78, 5) is 19.0. The Bertz CT molecular complexity index is 1130. The van der Waals surface area contributed by atoms with Crippen LogP contribution in [0.5, 0.6) is 0 Å². The maximum atomic E-state index is 12.9. The van der Waals surface area contributed by atoms with Gasteiger partial charge in [-0.1, -0.05) is 26.0 Å². The lowest BCUT2D eigenvalue weighted by atomic mass is 9.84. The smallest absolute Gasteiger partial charge is 0.264 e. The van der Waals surface area contributed by atoms with Crippen LogP contribution in [-0.4, -0.2) is 49.2 Å². The molecule has 2 aliphatic rings. The van der Waals surface area contributed by atoms with Gasteiger partial charge in [0.2, 0.25) is 0 Å². The minimum atomic E-state index is -3.80. The van der Waals surface area contributed by atoms with Crippen molar-refractivity contribution in [2.24, 2.45) is 10.9 Å². The van der Waals surface area contributed by atoms with Crippen LogP contribution < -0.4 is 4.72 Å². The summed E-state index contributed by atoms with van der Waals surface area (Å²) in [5.74, 6) is 0.295. The molecule has 2 N–H and O–H groups in total. The molecule has 8 heteroatoms. The summed E-state index contributed by atoms with van der Waals surface area (Å²) in [5.41, 5.74) is 1.54. The molecule has 7 nitrogen and oxygen atoms in total. The summed E-state index contributed by atoms with van der Waals surface area (Å²) in [7, 11) is -3.80. The summed E-state index contributed by atoms with van der Waals surface area (Å²) < 4.78 is 28.3. The summed E-state index contributed by atoms with van der Waals surface area (Å²) in [5, 5.41) is 10.7. The van der Waals surface area contributed by atoms with Gasteiger partial charge in [-0.15, -0.1) is 0 Å². The average Bonchev–Trinajstić information content (AvgIpc) is 3.22. The van der Waals surface area contributed by atoms with Crippen LogP contribution in [0.15, 0.2) is 52.4 Å². The van der Waals surface area contributed by atoms with Gasteiger partial charge in [-0.2, -0.15) is 0 Å². The third-order valence-corrected chi connectivity index (χ3v) is 7.47. The monoisotopic (exact) mass is 455 g/mol. The third kappa shape index (κ3) is 4.71. The molecule has 2 heterocycles. The number of fused-ring (bicyclic) bond motifs is 1. The SMILES string of the molecule is CC(C)CC1(O)CCN(C(=O)c2ccc(NS(=O)(=O)c3cccc4c3N=CC4)cc2)CC1. The second-order valence-electron chi connectivity index (χ2n) is 9.08. The predicted molar refractivity (Wildman–Crippen MR) is 125 cm³/mol. The zero-order valence-corrected chi connectivity index (χ0v) is 19.2. The number of benzene rings is 2. The number of carbonyl (C=O) groups is 1. The zero-order chi connectivity index (χ0) is 22.9. The highest BCUT2D eigenvalue weighted by Crippen LogP contribution is 2.33. The number of aliphatic imine (C=N–C) groups is 1. The lowest BCUT2D eigenvalue weighted by molar-refractivity contribution is -0.0311. The molecule has 0 atom stereocenters. The van der Waals surface area contributed by atoms with Gasteiger partial charge in [0, 0.05) is 37.0 Å². The second-order valence-corrected chi connectivity index (χ2v) is 10.7. The molecule has 0 spiro atoms. The Labute approximate surface area is 189 Å². The quantitative estimate of drug-likeness (QED) is 0.693. The van der Waals surface area contributed by atoms with Crippen LogP contribution in [0.1, 0.15) is 49.0 Å². The number of para-hydroxylation sites is 1. The average molecular weight is 456 g/mol. The molecule has 4 rings (SSSR count). The third-order valence-electron chi connectivity index (χ3n) is 6.06. The van der Waals surface area contributed by atoms with Gasteiger partial charge in [0.25, 0.3) is 15.9 Å². The molecular formula is C24H29N3O4S. The summed E-state index contributed by atoms with van der Waals surface area (Å²) >= 11 is 0. The molecule has 0 aliphatic carbocycles. The zero-order valence-electron chi connectivity index (χ0n) is 18.4. The van der Waals surface area contributed by atoms with E-state index in [4.69, 9.17) is 0 Å². The first-order valence-corrected chi connectivity index (χ1v) is 12.4. The highest BCUT2D eigenvalue weighted by Gasteiger charge is 2.34. The van der Waals surface area contributed by atoms with Crippen LogP contribution in [0.25, 0.3) is 0 Å². The van der Waals surface area contributed by atoms with E-state index < -0.39 is 15.6 Å². The lowest BCUT2D eigenvalue weighted by Gasteiger charge is -2.39. The molecule has 0 bridgehead atoms. The predicted octanol–water partition coefficient (Wildman–Crippen LogP) is 3.76. The van der Waals surface area contributed by atoms with Crippen molar-refractivity contribution in [3.63, 3.8) is 0 Å². The molecule has 170 valence electrons. The van der Waals surface area contributed by atoms with E-state index >= 15 is 0 Å². The Morgan fingerprint density at radius 2 is 1.84 bits per heavy atom. The van der Waals surface area contributed by atoms with Crippen molar-refractivity contribution >= 4 is 33.5 Å². The van der Waals surface area contributed by atoms with Gasteiger partial charge in [0.15, 0.2) is 0 Å². The van der Waals surface area contributed by atoms with Crippen molar-refractivity contribution in [1.29, 1.82) is 0 Å². The number of carbonyl (C=O) groups excluding carboxylic acids is 1. The molecule has 1 fully saturated rings. The van der Waals surface area contributed by atoms with E-state index in [2.05, 4.69) is 23.6 Å². The number of piperidine rings is 1. The van der Waals surface area contributed by atoms with Gasteiger partial charge in [-0.3, -0.25) is 14.5 Å². The van der Waals surface area contributed by atoms with Crippen LogP contribution in [0.3, 0.4) is 0 Å².